The van der Waals surface area contributed by atoms with Gasteiger partial charge in [0.25, 0.3) is 0 Å². The summed E-state index contributed by atoms with van der Waals surface area (Å²) in [5, 5.41) is 14.1. The SMILES string of the molecule is CC1(C)CCC(O)C(C2NCC3CCCC32)C1. The zero-order valence-corrected chi connectivity index (χ0v) is 11.3. The fraction of sp³-hybridized carbons (Fsp3) is 1.00. The van der Waals surface area contributed by atoms with Crippen LogP contribution in [0, 0.1) is 23.2 Å². The Morgan fingerprint density at radius 3 is 2.76 bits per heavy atom. The van der Waals surface area contributed by atoms with Gasteiger partial charge in [0.1, 0.15) is 0 Å². The lowest BCUT2D eigenvalue weighted by atomic mass is 9.66. The van der Waals surface area contributed by atoms with Crippen molar-refractivity contribution in [3.05, 3.63) is 0 Å². The lowest BCUT2D eigenvalue weighted by Crippen LogP contribution is -2.46. The number of nitrogens with one attached hydrogen (secondary N) is 1. The van der Waals surface area contributed by atoms with E-state index in [1.807, 2.05) is 0 Å². The van der Waals surface area contributed by atoms with Crippen LogP contribution in [0.3, 0.4) is 0 Å². The van der Waals surface area contributed by atoms with Crippen LogP contribution in [-0.4, -0.2) is 23.8 Å². The molecule has 5 unspecified atom stereocenters. The van der Waals surface area contributed by atoms with Crippen molar-refractivity contribution in [2.75, 3.05) is 6.54 Å². The smallest absolute Gasteiger partial charge is 0.0583 e. The topological polar surface area (TPSA) is 32.3 Å². The Balaban J connectivity index is 1.74. The van der Waals surface area contributed by atoms with Crippen LogP contribution in [0.25, 0.3) is 0 Å². The quantitative estimate of drug-likeness (QED) is 0.734. The molecule has 3 rings (SSSR count). The minimum absolute atomic E-state index is 0.0557. The number of aliphatic hydroxyl groups excluding tert-OH is 1. The van der Waals surface area contributed by atoms with Crippen LogP contribution in [0.1, 0.15) is 52.4 Å². The van der Waals surface area contributed by atoms with Crippen LogP contribution in [-0.2, 0) is 0 Å². The van der Waals surface area contributed by atoms with Gasteiger partial charge in [0, 0.05) is 12.0 Å². The van der Waals surface area contributed by atoms with E-state index in [0.717, 1.165) is 18.3 Å². The minimum Gasteiger partial charge on any atom is -0.393 e. The fourth-order valence-corrected chi connectivity index (χ4v) is 4.69. The molecule has 17 heavy (non-hydrogen) atoms. The van der Waals surface area contributed by atoms with E-state index < -0.39 is 0 Å². The van der Waals surface area contributed by atoms with E-state index in [1.165, 1.54) is 38.6 Å². The first-order valence-electron chi connectivity index (χ1n) is 7.48. The summed E-state index contributed by atoms with van der Waals surface area (Å²) < 4.78 is 0. The molecule has 0 aromatic rings. The second kappa shape index (κ2) is 4.24. The molecule has 3 aliphatic rings. The first-order chi connectivity index (χ1) is 8.07. The summed E-state index contributed by atoms with van der Waals surface area (Å²) in [7, 11) is 0. The predicted octanol–water partition coefficient (Wildman–Crippen LogP) is 2.56. The summed E-state index contributed by atoms with van der Waals surface area (Å²) in [4.78, 5) is 0. The summed E-state index contributed by atoms with van der Waals surface area (Å²) in [5.74, 6) is 2.28. The summed E-state index contributed by atoms with van der Waals surface area (Å²) in [6.07, 6.45) is 7.57. The zero-order chi connectivity index (χ0) is 12.0. The molecular formula is C15H27NO. The average Bonchev–Trinajstić information content (AvgIpc) is 2.83. The average molecular weight is 237 g/mol. The molecule has 0 bridgehead atoms. The zero-order valence-electron chi connectivity index (χ0n) is 11.3. The van der Waals surface area contributed by atoms with Gasteiger partial charge in [0.05, 0.1) is 6.10 Å². The summed E-state index contributed by atoms with van der Waals surface area (Å²) in [5.41, 5.74) is 0.433. The third kappa shape index (κ3) is 2.15. The standard InChI is InChI=1S/C15H27NO/c1-15(2)7-6-13(17)12(8-15)14-11-5-3-4-10(11)9-16-14/h10-14,16-17H,3-9H2,1-2H3. The van der Waals surface area contributed by atoms with E-state index in [1.54, 1.807) is 0 Å². The lowest BCUT2D eigenvalue weighted by Gasteiger charge is -2.42. The van der Waals surface area contributed by atoms with Crippen molar-refractivity contribution in [1.29, 1.82) is 0 Å². The Hall–Kier alpha value is -0.0800. The molecule has 2 N–H and O–H groups in total. The highest BCUT2D eigenvalue weighted by Crippen LogP contribution is 2.47. The molecule has 0 amide bonds. The molecular weight excluding hydrogens is 210 g/mol. The first kappa shape index (κ1) is 12.0. The molecule has 2 heteroatoms. The Morgan fingerprint density at radius 2 is 1.94 bits per heavy atom. The Kier molecular flexibility index (Phi) is 2.99. The minimum atomic E-state index is -0.0557. The third-order valence-electron chi connectivity index (χ3n) is 5.66. The third-order valence-corrected chi connectivity index (χ3v) is 5.66. The number of fused-ring (bicyclic) bond motifs is 1. The molecule has 1 heterocycles. The van der Waals surface area contributed by atoms with Gasteiger partial charge in [-0.15, -0.1) is 0 Å². The van der Waals surface area contributed by atoms with E-state index in [2.05, 4.69) is 19.2 Å². The normalized spacial score (nSPS) is 49.2. The van der Waals surface area contributed by atoms with Crippen molar-refractivity contribution in [3.8, 4) is 0 Å². The Labute approximate surface area is 105 Å². The van der Waals surface area contributed by atoms with Gasteiger partial charge in [-0.2, -0.15) is 0 Å². The van der Waals surface area contributed by atoms with Crippen molar-refractivity contribution >= 4 is 0 Å². The predicted molar refractivity (Wildman–Crippen MR) is 69.8 cm³/mol. The van der Waals surface area contributed by atoms with Crippen LogP contribution >= 0.6 is 0 Å². The maximum atomic E-state index is 10.3. The van der Waals surface area contributed by atoms with Crippen LogP contribution in [0.5, 0.6) is 0 Å². The van der Waals surface area contributed by atoms with Crippen molar-refractivity contribution < 1.29 is 5.11 Å². The first-order valence-corrected chi connectivity index (χ1v) is 7.48. The van der Waals surface area contributed by atoms with Gasteiger partial charge in [-0.05, 0) is 55.9 Å². The molecule has 98 valence electrons. The van der Waals surface area contributed by atoms with Crippen LogP contribution in [0.15, 0.2) is 0 Å². The molecule has 0 aromatic carbocycles. The molecule has 2 nitrogen and oxygen atoms in total. The summed E-state index contributed by atoms with van der Waals surface area (Å²) >= 11 is 0. The van der Waals surface area contributed by atoms with Crippen LogP contribution in [0.2, 0.25) is 0 Å². The largest absolute Gasteiger partial charge is 0.393 e. The van der Waals surface area contributed by atoms with E-state index in [9.17, 15) is 5.11 Å². The molecule has 3 fully saturated rings. The number of rotatable bonds is 1. The molecule has 5 atom stereocenters. The van der Waals surface area contributed by atoms with Gasteiger partial charge >= 0.3 is 0 Å². The summed E-state index contributed by atoms with van der Waals surface area (Å²) in [6.45, 7) is 5.94. The van der Waals surface area contributed by atoms with E-state index in [4.69, 9.17) is 0 Å². The van der Waals surface area contributed by atoms with Crippen molar-refractivity contribution in [2.24, 2.45) is 23.2 Å². The molecule has 0 aromatic heterocycles. The number of hydrogen-bond donors (Lipinski definition) is 2. The van der Waals surface area contributed by atoms with E-state index >= 15 is 0 Å². The van der Waals surface area contributed by atoms with E-state index in [-0.39, 0.29) is 6.10 Å². The van der Waals surface area contributed by atoms with E-state index in [0.29, 0.717) is 17.4 Å². The maximum absolute atomic E-state index is 10.3. The number of aliphatic hydroxyl groups is 1. The maximum Gasteiger partial charge on any atom is 0.0583 e. The van der Waals surface area contributed by atoms with Gasteiger partial charge in [0.2, 0.25) is 0 Å². The van der Waals surface area contributed by atoms with Gasteiger partial charge in [-0.3, -0.25) is 0 Å². The molecule has 0 radical (unpaired) electrons. The lowest BCUT2D eigenvalue weighted by molar-refractivity contribution is -0.00176. The monoisotopic (exact) mass is 237 g/mol. The van der Waals surface area contributed by atoms with Crippen LogP contribution in [0.4, 0.5) is 0 Å². The van der Waals surface area contributed by atoms with Crippen molar-refractivity contribution in [2.45, 2.75) is 64.5 Å². The molecule has 1 saturated heterocycles. The van der Waals surface area contributed by atoms with Gasteiger partial charge < -0.3 is 10.4 Å². The van der Waals surface area contributed by atoms with Gasteiger partial charge in [-0.25, -0.2) is 0 Å². The Bertz CT molecular complexity index is 289. The van der Waals surface area contributed by atoms with Crippen molar-refractivity contribution in [1.82, 2.24) is 5.32 Å². The second-order valence-electron chi connectivity index (χ2n) is 7.43. The second-order valence-corrected chi connectivity index (χ2v) is 7.43. The van der Waals surface area contributed by atoms with Gasteiger partial charge in [0.15, 0.2) is 0 Å². The van der Waals surface area contributed by atoms with Gasteiger partial charge in [-0.1, -0.05) is 20.3 Å². The molecule has 2 aliphatic carbocycles. The number of hydrogen-bond acceptors (Lipinski definition) is 2. The Morgan fingerprint density at radius 1 is 1.12 bits per heavy atom. The highest BCUT2D eigenvalue weighted by Gasteiger charge is 2.47. The van der Waals surface area contributed by atoms with Crippen molar-refractivity contribution in [3.63, 3.8) is 0 Å². The summed E-state index contributed by atoms with van der Waals surface area (Å²) in [6, 6.07) is 0.608. The molecule has 0 spiro atoms. The highest BCUT2D eigenvalue weighted by molar-refractivity contribution is 5.01. The molecule has 2 saturated carbocycles. The highest BCUT2D eigenvalue weighted by atomic mass is 16.3. The fourth-order valence-electron chi connectivity index (χ4n) is 4.69. The molecule has 1 aliphatic heterocycles. The van der Waals surface area contributed by atoms with Crippen LogP contribution < -0.4 is 5.32 Å².